The number of ether oxygens (including phenoxy) is 1. The highest BCUT2D eigenvalue weighted by atomic mass is 19.1. The molecule has 0 unspecified atom stereocenters. The molecule has 0 spiro atoms. The van der Waals surface area contributed by atoms with E-state index in [4.69, 9.17) is 0 Å². The van der Waals surface area contributed by atoms with E-state index in [0.717, 1.165) is 6.07 Å². The lowest BCUT2D eigenvalue weighted by molar-refractivity contribution is -0.139. The first-order valence-electron chi connectivity index (χ1n) is 5.19. The average Bonchev–Trinajstić information content (AvgIpc) is 2.31. The summed E-state index contributed by atoms with van der Waals surface area (Å²) in [7, 11) is 1.24. The molecular formula is C13H12F2O3. The van der Waals surface area contributed by atoms with Crippen molar-refractivity contribution in [1.29, 1.82) is 0 Å². The number of rotatable bonds is 4. The summed E-state index contributed by atoms with van der Waals surface area (Å²) in [5, 5.41) is 0. The zero-order valence-electron chi connectivity index (χ0n) is 10.00. The predicted octanol–water partition coefficient (Wildman–Crippen LogP) is 2.74. The minimum absolute atomic E-state index is 0.0251. The molecule has 3 nitrogen and oxygen atoms in total. The number of ketones is 1. The van der Waals surface area contributed by atoms with Crippen LogP contribution in [0, 0.1) is 11.6 Å². The van der Waals surface area contributed by atoms with Gasteiger partial charge in [-0.2, -0.15) is 0 Å². The lowest BCUT2D eigenvalue weighted by atomic mass is 10.1. The van der Waals surface area contributed by atoms with Gasteiger partial charge in [0.2, 0.25) is 0 Å². The summed E-state index contributed by atoms with van der Waals surface area (Å²) in [5.74, 6) is -2.65. The van der Waals surface area contributed by atoms with E-state index in [0.29, 0.717) is 6.07 Å². The molecule has 0 N–H and O–H groups in total. The number of Topliss-reactive ketones (excluding diaryl/α,β-unsaturated/α-hetero) is 1. The summed E-state index contributed by atoms with van der Waals surface area (Å²) in [6.45, 7) is 1.19. The Morgan fingerprint density at radius 1 is 1.28 bits per heavy atom. The lowest BCUT2D eigenvalue weighted by Crippen LogP contribution is -2.00. The van der Waals surface area contributed by atoms with Crippen LogP contribution in [0.2, 0.25) is 0 Å². The van der Waals surface area contributed by atoms with Crippen molar-refractivity contribution in [2.45, 2.75) is 13.3 Å². The van der Waals surface area contributed by atoms with Gasteiger partial charge < -0.3 is 4.74 Å². The highest BCUT2D eigenvalue weighted by Crippen LogP contribution is 2.17. The van der Waals surface area contributed by atoms with Crippen LogP contribution < -0.4 is 0 Å². The molecule has 0 aliphatic carbocycles. The van der Waals surface area contributed by atoms with E-state index in [1.54, 1.807) is 0 Å². The molecule has 0 aliphatic rings. The van der Waals surface area contributed by atoms with Crippen LogP contribution in [0.4, 0.5) is 8.78 Å². The standard InChI is InChI=1S/C13H12F2O3/c1-8(16)10-6-9(11(14)7-12(10)15)4-3-5-13(17)18-2/h3-4,6-7H,5H2,1-2H3. The van der Waals surface area contributed by atoms with Crippen LogP contribution in [0.3, 0.4) is 0 Å². The van der Waals surface area contributed by atoms with Gasteiger partial charge in [-0.15, -0.1) is 0 Å². The largest absolute Gasteiger partial charge is 0.469 e. The third-order valence-electron chi connectivity index (χ3n) is 2.28. The van der Waals surface area contributed by atoms with Gasteiger partial charge in [0, 0.05) is 11.6 Å². The second-order valence-corrected chi connectivity index (χ2v) is 3.59. The van der Waals surface area contributed by atoms with Gasteiger partial charge in [-0.05, 0) is 13.0 Å². The quantitative estimate of drug-likeness (QED) is 0.613. The second-order valence-electron chi connectivity index (χ2n) is 3.59. The van der Waals surface area contributed by atoms with Crippen molar-refractivity contribution in [3.05, 3.63) is 41.0 Å². The van der Waals surface area contributed by atoms with Gasteiger partial charge in [-0.25, -0.2) is 8.78 Å². The van der Waals surface area contributed by atoms with Crippen LogP contribution in [0.5, 0.6) is 0 Å². The van der Waals surface area contributed by atoms with E-state index in [1.807, 2.05) is 0 Å². The normalized spacial score (nSPS) is 10.7. The Labute approximate surface area is 103 Å². The van der Waals surface area contributed by atoms with Crippen molar-refractivity contribution in [3.63, 3.8) is 0 Å². The number of hydrogen-bond acceptors (Lipinski definition) is 3. The molecule has 1 rings (SSSR count). The van der Waals surface area contributed by atoms with E-state index < -0.39 is 23.4 Å². The minimum atomic E-state index is -0.898. The zero-order chi connectivity index (χ0) is 13.7. The maximum absolute atomic E-state index is 13.4. The van der Waals surface area contributed by atoms with Gasteiger partial charge in [-0.3, -0.25) is 9.59 Å². The number of methoxy groups -OCH3 is 1. The summed E-state index contributed by atoms with van der Waals surface area (Å²) in [6, 6.07) is 1.76. The van der Waals surface area contributed by atoms with E-state index in [-0.39, 0.29) is 17.5 Å². The van der Waals surface area contributed by atoms with E-state index >= 15 is 0 Å². The lowest BCUT2D eigenvalue weighted by Gasteiger charge is -2.02. The number of benzene rings is 1. The van der Waals surface area contributed by atoms with Crippen molar-refractivity contribution in [2.75, 3.05) is 7.11 Å². The molecule has 0 saturated carbocycles. The molecule has 0 aliphatic heterocycles. The highest BCUT2D eigenvalue weighted by molar-refractivity contribution is 5.95. The third kappa shape index (κ3) is 3.48. The molecule has 1 aromatic rings. The Morgan fingerprint density at radius 2 is 1.94 bits per heavy atom. The fourth-order valence-corrected chi connectivity index (χ4v) is 1.33. The number of hydrogen-bond donors (Lipinski definition) is 0. The molecule has 0 heterocycles. The van der Waals surface area contributed by atoms with Crippen LogP contribution in [0.1, 0.15) is 29.3 Å². The molecule has 18 heavy (non-hydrogen) atoms. The van der Waals surface area contributed by atoms with Crippen LogP contribution in [-0.4, -0.2) is 18.9 Å². The summed E-state index contributed by atoms with van der Waals surface area (Å²) in [5.41, 5.74) is -0.139. The van der Waals surface area contributed by atoms with Gasteiger partial charge in [0.25, 0.3) is 0 Å². The van der Waals surface area contributed by atoms with Crippen LogP contribution in [-0.2, 0) is 9.53 Å². The Morgan fingerprint density at radius 3 is 2.50 bits per heavy atom. The van der Waals surface area contributed by atoms with Crippen molar-refractivity contribution < 1.29 is 23.1 Å². The van der Waals surface area contributed by atoms with Gasteiger partial charge in [0.15, 0.2) is 5.78 Å². The Kier molecular flexibility index (Phi) is 4.71. The van der Waals surface area contributed by atoms with E-state index in [9.17, 15) is 18.4 Å². The molecule has 96 valence electrons. The van der Waals surface area contributed by atoms with Crippen LogP contribution in [0.25, 0.3) is 6.08 Å². The molecule has 5 heteroatoms. The Hall–Kier alpha value is -2.04. The van der Waals surface area contributed by atoms with Gasteiger partial charge in [0.1, 0.15) is 11.6 Å². The number of carbonyl (C=O) groups excluding carboxylic acids is 2. The van der Waals surface area contributed by atoms with Crippen molar-refractivity contribution in [2.24, 2.45) is 0 Å². The summed E-state index contributed by atoms with van der Waals surface area (Å²) < 4.78 is 31.0. The van der Waals surface area contributed by atoms with E-state index in [2.05, 4.69) is 4.74 Å². The highest BCUT2D eigenvalue weighted by Gasteiger charge is 2.11. The van der Waals surface area contributed by atoms with Crippen LogP contribution in [0.15, 0.2) is 18.2 Å². The molecule has 0 amide bonds. The number of halogens is 2. The molecule has 0 radical (unpaired) electrons. The monoisotopic (exact) mass is 254 g/mol. The molecule has 0 aromatic heterocycles. The molecule has 1 aromatic carbocycles. The maximum atomic E-state index is 13.4. The zero-order valence-corrected chi connectivity index (χ0v) is 10.00. The second kappa shape index (κ2) is 6.05. The number of esters is 1. The SMILES string of the molecule is COC(=O)CC=Cc1cc(C(C)=O)c(F)cc1F. The average molecular weight is 254 g/mol. The first kappa shape index (κ1) is 14.0. The fraction of sp³-hybridized carbons (Fsp3) is 0.231. The minimum Gasteiger partial charge on any atom is -0.469 e. The van der Waals surface area contributed by atoms with Gasteiger partial charge in [0.05, 0.1) is 19.1 Å². The number of carbonyl (C=O) groups is 2. The first-order valence-corrected chi connectivity index (χ1v) is 5.19. The maximum Gasteiger partial charge on any atom is 0.309 e. The van der Waals surface area contributed by atoms with Gasteiger partial charge >= 0.3 is 5.97 Å². The Bertz CT molecular complexity index is 507. The molecular weight excluding hydrogens is 242 g/mol. The van der Waals surface area contributed by atoms with Crippen LogP contribution >= 0.6 is 0 Å². The van der Waals surface area contributed by atoms with Crippen molar-refractivity contribution in [3.8, 4) is 0 Å². The summed E-state index contributed by atoms with van der Waals surface area (Å²) in [6.07, 6.45) is 2.66. The summed E-state index contributed by atoms with van der Waals surface area (Å²) >= 11 is 0. The Balaban J connectivity index is 2.99. The fourth-order valence-electron chi connectivity index (χ4n) is 1.33. The molecule has 0 saturated heterocycles. The smallest absolute Gasteiger partial charge is 0.309 e. The third-order valence-corrected chi connectivity index (χ3v) is 2.28. The summed E-state index contributed by atoms with van der Waals surface area (Å²) in [4.78, 5) is 21.9. The van der Waals surface area contributed by atoms with E-state index in [1.165, 1.54) is 26.2 Å². The van der Waals surface area contributed by atoms with Crippen molar-refractivity contribution in [1.82, 2.24) is 0 Å². The van der Waals surface area contributed by atoms with Gasteiger partial charge in [-0.1, -0.05) is 12.2 Å². The predicted molar refractivity (Wildman–Crippen MR) is 62.0 cm³/mol. The molecule has 0 atom stereocenters. The van der Waals surface area contributed by atoms with Crippen molar-refractivity contribution >= 4 is 17.8 Å². The molecule has 0 fully saturated rings. The molecule has 0 bridgehead atoms. The first-order chi connectivity index (χ1) is 8.45. The topological polar surface area (TPSA) is 43.4 Å².